The molecule has 0 amide bonds. The fraction of sp³-hybridized carbons (Fsp3) is 0.0952. The van der Waals surface area contributed by atoms with Gasteiger partial charge < -0.3 is 0 Å². The fourth-order valence-electron chi connectivity index (χ4n) is 2.74. The lowest BCUT2D eigenvalue weighted by atomic mass is 10.2. The van der Waals surface area contributed by atoms with Crippen LogP contribution in [-0.4, -0.2) is 19.7 Å². The van der Waals surface area contributed by atoms with E-state index in [9.17, 15) is 4.39 Å². The molecule has 6 heteroatoms. The van der Waals surface area contributed by atoms with Crippen LogP contribution < -0.4 is 0 Å². The summed E-state index contributed by atoms with van der Waals surface area (Å²) < 4.78 is 15.4. The predicted molar refractivity (Wildman–Crippen MR) is 105 cm³/mol. The van der Waals surface area contributed by atoms with Gasteiger partial charge in [-0.15, -0.1) is 10.2 Å². The second-order valence-corrected chi connectivity index (χ2v) is 6.94. The molecule has 0 bridgehead atoms. The van der Waals surface area contributed by atoms with Gasteiger partial charge in [-0.2, -0.15) is 0 Å². The predicted octanol–water partition coefficient (Wildman–Crippen LogP) is 4.82. The molecule has 0 saturated heterocycles. The third-order valence-corrected chi connectivity index (χ3v) is 5.08. The summed E-state index contributed by atoms with van der Waals surface area (Å²) in [5.74, 6) is 1.16. The van der Waals surface area contributed by atoms with Crippen molar-refractivity contribution in [1.29, 1.82) is 0 Å². The van der Waals surface area contributed by atoms with Crippen LogP contribution >= 0.6 is 11.8 Å². The van der Waals surface area contributed by atoms with Crippen LogP contribution in [0.4, 0.5) is 4.39 Å². The number of aromatic nitrogens is 4. The van der Waals surface area contributed by atoms with Crippen molar-refractivity contribution in [2.75, 3.05) is 0 Å². The van der Waals surface area contributed by atoms with E-state index in [1.807, 2.05) is 36.4 Å². The van der Waals surface area contributed by atoms with E-state index in [1.54, 1.807) is 30.1 Å². The van der Waals surface area contributed by atoms with Gasteiger partial charge in [0.15, 0.2) is 11.0 Å². The van der Waals surface area contributed by atoms with Gasteiger partial charge in [-0.05, 0) is 42.0 Å². The van der Waals surface area contributed by atoms with Gasteiger partial charge >= 0.3 is 0 Å². The molecule has 0 radical (unpaired) electrons. The first kappa shape index (κ1) is 17.4. The highest BCUT2D eigenvalue weighted by Gasteiger charge is 2.15. The Bertz CT molecular complexity index is 1000. The molecule has 2 aromatic heterocycles. The SMILES string of the molecule is Fc1ccc(-c2nnc(SCc3ccccn3)n2Cc2ccccc2)cc1. The molecule has 134 valence electrons. The van der Waals surface area contributed by atoms with Crippen LogP contribution in [0.2, 0.25) is 0 Å². The van der Waals surface area contributed by atoms with Crippen molar-refractivity contribution in [2.45, 2.75) is 17.5 Å². The molecule has 4 aromatic rings. The summed E-state index contributed by atoms with van der Waals surface area (Å²) in [6, 6.07) is 22.4. The van der Waals surface area contributed by atoms with E-state index >= 15 is 0 Å². The van der Waals surface area contributed by atoms with Gasteiger partial charge in [-0.3, -0.25) is 9.55 Å². The van der Waals surface area contributed by atoms with Gasteiger partial charge in [-0.25, -0.2) is 4.39 Å². The molecule has 2 aromatic carbocycles. The molecule has 0 spiro atoms. The number of pyridine rings is 1. The highest BCUT2D eigenvalue weighted by molar-refractivity contribution is 7.98. The number of hydrogen-bond donors (Lipinski definition) is 0. The summed E-state index contributed by atoms with van der Waals surface area (Å²) in [7, 11) is 0. The zero-order chi connectivity index (χ0) is 18.5. The summed E-state index contributed by atoms with van der Waals surface area (Å²) in [4.78, 5) is 4.36. The Morgan fingerprint density at radius 2 is 1.63 bits per heavy atom. The zero-order valence-electron chi connectivity index (χ0n) is 14.5. The standard InChI is InChI=1S/C21H17FN4S/c22-18-11-9-17(10-12-18)20-24-25-21(27-15-19-8-4-5-13-23-19)26(20)14-16-6-2-1-3-7-16/h1-13H,14-15H2. The topological polar surface area (TPSA) is 43.6 Å². The Morgan fingerprint density at radius 3 is 2.37 bits per heavy atom. The first-order valence-electron chi connectivity index (χ1n) is 8.55. The van der Waals surface area contributed by atoms with Crippen LogP contribution in [0.25, 0.3) is 11.4 Å². The lowest BCUT2D eigenvalue weighted by Gasteiger charge is -2.10. The van der Waals surface area contributed by atoms with Gasteiger partial charge in [0.05, 0.1) is 12.2 Å². The Balaban J connectivity index is 1.66. The van der Waals surface area contributed by atoms with Crippen molar-refractivity contribution in [3.63, 3.8) is 0 Å². The van der Waals surface area contributed by atoms with Crippen molar-refractivity contribution < 1.29 is 4.39 Å². The second-order valence-electron chi connectivity index (χ2n) is 5.99. The van der Waals surface area contributed by atoms with Gasteiger partial charge in [-0.1, -0.05) is 48.2 Å². The van der Waals surface area contributed by atoms with Gasteiger partial charge in [0.2, 0.25) is 0 Å². The molecule has 0 fully saturated rings. The fourth-order valence-corrected chi connectivity index (χ4v) is 3.59. The molecule has 0 aliphatic rings. The van der Waals surface area contributed by atoms with E-state index in [2.05, 4.69) is 31.9 Å². The third-order valence-electron chi connectivity index (χ3n) is 4.08. The quantitative estimate of drug-likeness (QED) is 0.453. The minimum Gasteiger partial charge on any atom is -0.298 e. The van der Waals surface area contributed by atoms with Gasteiger partial charge in [0, 0.05) is 17.5 Å². The molecule has 0 unspecified atom stereocenters. The molecule has 0 N–H and O–H groups in total. The number of hydrogen-bond acceptors (Lipinski definition) is 4. The Morgan fingerprint density at radius 1 is 0.852 bits per heavy atom. The first-order chi connectivity index (χ1) is 13.3. The number of rotatable bonds is 6. The minimum atomic E-state index is -0.266. The molecule has 4 rings (SSSR count). The van der Waals surface area contributed by atoms with E-state index in [0.717, 1.165) is 27.8 Å². The smallest absolute Gasteiger partial charge is 0.192 e. The lowest BCUT2D eigenvalue weighted by Crippen LogP contribution is -2.04. The van der Waals surface area contributed by atoms with E-state index in [1.165, 1.54) is 12.1 Å². The largest absolute Gasteiger partial charge is 0.298 e. The normalized spacial score (nSPS) is 10.9. The van der Waals surface area contributed by atoms with Crippen molar-refractivity contribution in [1.82, 2.24) is 19.7 Å². The maximum Gasteiger partial charge on any atom is 0.192 e. The minimum absolute atomic E-state index is 0.266. The lowest BCUT2D eigenvalue weighted by molar-refractivity contribution is 0.628. The van der Waals surface area contributed by atoms with Crippen LogP contribution in [0, 0.1) is 5.82 Å². The summed E-state index contributed by atoms with van der Waals surface area (Å²) in [5, 5.41) is 9.56. The second kappa shape index (κ2) is 8.14. The third kappa shape index (κ3) is 4.23. The number of thioether (sulfide) groups is 1. The summed E-state index contributed by atoms with van der Waals surface area (Å²) >= 11 is 1.59. The number of benzene rings is 2. The molecular formula is C21H17FN4S. The van der Waals surface area contributed by atoms with E-state index in [4.69, 9.17) is 0 Å². The molecule has 27 heavy (non-hydrogen) atoms. The van der Waals surface area contributed by atoms with Crippen molar-refractivity contribution >= 4 is 11.8 Å². The van der Waals surface area contributed by atoms with Crippen LogP contribution in [0.5, 0.6) is 0 Å². The maximum absolute atomic E-state index is 13.3. The maximum atomic E-state index is 13.3. The van der Waals surface area contributed by atoms with Crippen LogP contribution in [0.15, 0.2) is 84.1 Å². The average Bonchev–Trinajstić information content (AvgIpc) is 3.11. The highest BCUT2D eigenvalue weighted by Crippen LogP contribution is 2.27. The molecular weight excluding hydrogens is 359 g/mol. The van der Waals surface area contributed by atoms with Crippen LogP contribution in [0.3, 0.4) is 0 Å². The van der Waals surface area contributed by atoms with Crippen molar-refractivity contribution in [2.24, 2.45) is 0 Å². The number of nitrogens with zero attached hydrogens (tertiary/aromatic N) is 4. The average molecular weight is 376 g/mol. The van der Waals surface area contributed by atoms with Gasteiger partial charge in [0.25, 0.3) is 0 Å². The van der Waals surface area contributed by atoms with E-state index in [-0.39, 0.29) is 5.82 Å². The molecule has 0 atom stereocenters. The summed E-state index contributed by atoms with van der Waals surface area (Å²) in [6.45, 7) is 0.644. The summed E-state index contributed by atoms with van der Waals surface area (Å²) in [5.41, 5.74) is 2.98. The van der Waals surface area contributed by atoms with Crippen molar-refractivity contribution in [3.05, 3.63) is 96.1 Å². The summed E-state index contributed by atoms with van der Waals surface area (Å²) in [6.07, 6.45) is 1.79. The molecule has 0 aliphatic heterocycles. The van der Waals surface area contributed by atoms with E-state index < -0.39 is 0 Å². The number of halogens is 1. The van der Waals surface area contributed by atoms with Crippen LogP contribution in [0.1, 0.15) is 11.3 Å². The zero-order valence-corrected chi connectivity index (χ0v) is 15.3. The van der Waals surface area contributed by atoms with Crippen LogP contribution in [-0.2, 0) is 12.3 Å². The molecule has 4 nitrogen and oxygen atoms in total. The Kier molecular flexibility index (Phi) is 5.25. The Labute approximate surface area is 161 Å². The van der Waals surface area contributed by atoms with E-state index in [0.29, 0.717) is 12.3 Å². The molecule has 0 aliphatic carbocycles. The van der Waals surface area contributed by atoms with Crippen molar-refractivity contribution in [3.8, 4) is 11.4 Å². The monoisotopic (exact) mass is 376 g/mol. The van der Waals surface area contributed by atoms with Gasteiger partial charge in [0.1, 0.15) is 5.82 Å². The Hall–Kier alpha value is -2.99. The highest BCUT2D eigenvalue weighted by atomic mass is 32.2. The molecule has 2 heterocycles. The molecule has 0 saturated carbocycles. The first-order valence-corrected chi connectivity index (χ1v) is 9.54.